The summed E-state index contributed by atoms with van der Waals surface area (Å²) in [5.74, 6) is -0.167. The van der Waals surface area contributed by atoms with Crippen molar-refractivity contribution >= 4 is 22.6 Å². The van der Waals surface area contributed by atoms with Gasteiger partial charge in [-0.15, -0.1) is 0 Å². The van der Waals surface area contributed by atoms with Crippen molar-refractivity contribution in [3.63, 3.8) is 0 Å². The predicted octanol–water partition coefficient (Wildman–Crippen LogP) is 3.28. The van der Waals surface area contributed by atoms with Crippen LogP contribution < -0.4 is 0 Å². The molecule has 1 aliphatic carbocycles. The first-order valence-corrected chi connectivity index (χ1v) is 10.6. The number of benzene rings is 2. The number of amides is 1. The number of aryl methyl sites for hydroxylation is 1. The Morgan fingerprint density at radius 2 is 1.70 bits per heavy atom. The zero-order valence-electron chi connectivity index (χ0n) is 17.0. The van der Waals surface area contributed by atoms with Gasteiger partial charge in [0.2, 0.25) is 0 Å². The van der Waals surface area contributed by atoms with Crippen molar-refractivity contribution in [3.05, 3.63) is 59.8 Å². The molecular weight excluding hydrogens is 378 g/mol. The Bertz CT molecular complexity index is 1120. The molecule has 1 saturated carbocycles. The molecule has 2 aliphatic rings. The number of hydrogen-bond donors (Lipinski definition) is 1. The van der Waals surface area contributed by atoms with Crippen LogP contribution in [0.15, 0.2) is 48.5 Å². The highest BCUT2D eigenvalue weighted by Crippen LogP contribution is 2.40. The van der Waals surface area contributed by atoms with Gasteiger partial charge in [0, 0.05) is 30.0 Å². The molecule has 6 nitrogen and oxygen atoms in total. The Kier molecular flexibility index (Phi) is 4.47. The number of para-hydroxylation sites is 1. The van der Waals surface area contributed by atoms with Crippen LogP contribution in [0.25, 0.3) is 16.6 Å². The summed E-state index contributed by atoms with van der Waals surface area (Å²) in [5.41, 5.74) is 2.49. The summed E-state index contributed by atoms with van der Waals surface area (Å²) in [6, 6.07) is 15.6. The highest BCUT2D eigenvalue weighted by atomic mass is 16.3. The number of Topliss-reactive ketones (excluding diaryl/α,β-unsaturated/α-hetero) is 1. The molecule has 2 heterocycles. The summed E-state index contributed by atoms with van der Waals surface area (Å²) in [4.78, 5) is 27.1. The molecule has 0 bridgehead atoms. The van der Waals surface area contributed by atoms with E-state index in [1.54, 1.807) is 0 Å². The minimum atomic E-state index is -1.07. The molecule has 1 aliphatic heterocycles. The summed E-state index contributed by atoms with van der Waals surface area (Å²) >= 11 is 0. The third-order valence-corrected chi connectivity index (χ3v) is 6.47. The van der Waals surface area contributed by atoms with E-state index < -0.39 is 5.60 Å². The predicted molar refractivity (Wildman–Crippen MR) is 114 cm³/mol. The van der Waals surface area contributed by atoms with Crippen molar-refractivity contribution in [1.29, 1.82) is 0 Å². The Hall–Kier alpha value is -2.99. The van der Waals surface area contributed by atoms with Crippen LogP contribution in [0.5, 0.6) is 0 Å². The van der Waals surface area contributed by atoms with Crippen LogP contribution in [0.1, 0.15) is 41.7 Å². The smallest absolute Gasteiger partial charge is 0.253 e. The summed E-state index contributed by atoms with van der Waals surface area (Å²) < 4.78 is 1.90. The number of carbonyl (C=O) groups is 2. The molecule has 1 aromatic heterocycles. The second kappa shape index (κ2) is 7.06. The minimum absolute atomic E-state index is 0.0147. The summed E-state index contributed by atoms with van der Waals surface area (Å²) in [7, 11) is 0. The fraction of sp³-hybridized carbons (Fsp3) is 0.375. The van der Waals surface area contributed by atoms with Gasteiger partial charge in [-0.25, -0.2) is 4.68 Å². The van der Waals surface area contributed by atoms with E-state index in [1.165, 1.54) is 0 Å². The summed E-state index contributed by atoms with van der Waals surface area (Å²) in [6.45, 7) is 3.10. The van der Waals surface area contributed by atoms with Gasteiger partial charge in [0.1, 0.15) is 5.60 Å². The summed E-state index contributed by atoms with van der Waals surface area (Å²) in [5, 5.41) is 15.8. The van der Waals surface area contributed by atoms with E-state index in [9.17, 15) is 14.7 Å². The van der Waals surface area contributed by atoms with Crippen molar-refractivity contribution in [1.82, 2.24) is 14.7 Å². The van der Waals surface area contributed by atoms with Crippen LogP contribution in [-0.4, -0.2) is 50.2 Å². The van der Waals surface area contributed by atoms with Crippen LogP contribution in [0, 0.1) is 12.8 Å². The quantitative estimate of drug-likeness (QED) is 0.725. The molecule has 2 fully saturated rings. The number of fused-ring (bicyclic) bond motifs is 1. The van der Waals surface area contributed by atoms with Crippen molar-refractivity contribution in [2.75, 3.05) is 13.1 Å². The van der Waals surface area contributed by atoms with Gasteiger partial charge >= 0.3 is 0 Å². The third kappa shape index (κ3) is 3.21. The number of piperidine rings is 1. The second-order valence-electron chi connectivity index (χ2n) is 8.52. The van der Waals surface area contributed by atoms with Gasteiger partial charge in [-0.05, 0) is 62.9 Å². The lowest BCUT2D eigenvalue weighted by Crippen LogP contribution is -2.42. The lowest BCUT2D eigenvalue weighted by molar-refractivity contribution is -0.134. The average Bonchev–Trinajstić information content (AvgIpc) is 3.46. The van der Waals surface area contributed by atoms with Crippen LogP contribution in [0.4, 0.5) is 0 Å². The van der Waals surface area contributed by atoms with Gasteiger partial charge in [-0.2, -0.15) is 5.10 Å². The van der Waals surface area contributed by atoms with Gasteiger partial charge in [-0.3, -0.25) is 9.59 Å². The van der Waals surface area contributed by atoms with Crippen molar-refractivity contribution < 1.29 is 14.7 Å². The van der Waals surface area contributed by atoms with Gasteiger partial charge in [0.05, 0.1) is 16.9 Å². The van der Waals surface area contributed by atoms with Gasteiger partial charge in [-0.1, -0.05) is 18.2 Å². The molecule has 6 heteroatoms. The fourth-order valence-corrected chi connectivity index (χ4v) is 4.44. The van der Waals surface area contributed by atoms with Crippen LogP contribution >= 0.6 is 0 Å². The van der Waals surface area contributed by atoms with E-state index in [4.69, 9.17) is 0 Å². The Morgan fingerprint density at radius 1 is 1.03 bits per heavy atom. The van der Waals surface area contributed by atoms with Crippen LogP contribution in [0.2, 0.25) is 0 Å². The van der Waals surface area contributed by atoms with E-state index in [1.807, 2.05) is 59.0 Å². The molecule has 5 rings (SSSR count). The molecule has 0 spiro atoms. The average molecular weight is 403 g/mol. The first kappa shape index (κ1) is 19.0. The molecule has 0 unspecified atom stereocenters. The number of ketones is 1. The number of carbonyl (C=O) groups excluding carboxylic acids is 2. The molecule has 1 saturated heterocycles. The van der Waals surface area contributed by atoms with Gasteiger partial charge < -0.3 is 10.0 Å². The largest absolute Gasteiger partial charge is 0.382 e. The SMILES string of the molecule is Cc1nn(-c2ccc(C(=O)N3CCC(C(=O)C4(O)CC4)CC3)cc2)c2ccccc12. The van der Waals surface area contributed by atoms with E-state index >= 15 is 0 Å². The minimum Gasteiger partial charge on any atom is -0.382 e. The Labute approximate surface area is 175 Å². The second-order valence-corrected chi connectivity index (χ2v) is 8.52. The number of likely N-dealkylation sites (tertiary alicyclic amines) is 1. The lowest BCUT2D eigenvalue weighted by atomic mass is 9.88. The molecule has 3 aromatic rings. The molecule has 154 valence electrons. The number of rotatable bonds is 4. The number of aliphatic hydroxyl groups is 1. The lowest BCUT2D eigenvalue weighted by Gasteiger charge is -2.32. The molecule has 0 atom stereocenters. The standard InChI is InChI=1S/C24H25N3O3/c1-16-20-4-2-3-5-21(20)27(25-16)19-8-6-18(7-9-19)23(29)26-14-10-17(11-15-26)22(28)24(30)12-13-24/h2-9,17,30H,10-15H2,1H3. The van der Waals surface area contributed by atoms with Gasteiger partial charge in [0.25, 0.3) is 5.91 Å². The normalized spacial score (nSPS) is 18.5. The molecule has 30 heavy (non-hydrogen) atoms. The van der Waals surface area contributed by atoms with Crippen LogP contribution in [-0.2, 0) is 4.79 Å². The number of hydrogen-bond acceptors (Lipinski definition) is 4. The highest BCUT2D eigenvalue weighted by Gasteiger charge is 2.50. The van der Waals surface area contributed by atoms with Crippen molar-refractivity contribution in [3.8, 4) is 5.69 Å². The maximum Gasteiger partial charge on any atom is 0.253 e. The third-order valence-electron chi connectivity index (χ3n) is 6.47. The zero-order chi connectivity index (χ0) is 20.9. The molecule has 0 radical (unpaired) electrons. The molecule has 1 N–H and O–H groups in total. The maximum atomic E-state index is 12.9. The Morgan fingerprint density at radius 3 is 2.37 bits per heavy atom. The Balaban J connectivity index is 1.29. The van der Waals surface area contributed by atoms with Gasteiger partial charge in [0.15, 0.2) is 5.78 Å². The topological polar surface area (TPSA) is 75.4 Å². The molecular formula is C24H25N3O3. The van der Waals surface area contributed by atoms with E-state index in [0.717, 1.165) is 22.3 Å². The highest BCUT2D eigenvalue weighted by molar-refractivity contribution is 5.95. The van der Waals surface area contributed by atoms with Crippen molar-refractivity contribution in [2.45, 2.75) is 38.2 Å². The zero-order valence-corrected chi connectivity index (χ0v) is 17.0. The fourth-order valence-electron chi connectivity index (χ4n) is 4.44. The summed E-state index contributed by atoms with van der Waals surface area (Å²) in [6.07, 6.45) is 2.43. The van der Waals surface area contributed by atoms with E-state index in [0.29, 0.717) is 44.3 Å². The first-order chi connectivity index (χ1) is 14.5. The number of aromatic nitrogens is 2. The molecule has 1 amide bonds. The number of nitrogens with zero attached hydrogens (tertiary/aromatic N) is 3. The van der Waals surface area contributed by atoms with E-state index in [2.05, 4.69) is 11.2 Å². The monoisotopic (exact) mass is 403 g/mol. The van der Waals surface area contributed by atoms with Crippen LogP contribution in [0.3, 0.4) is 0 Å². The molecule has 2 aromatic carbocycles. The first-order valence-electron chi connectivity index (χ1n) is 10.6. The maximum absolute atomic E-state index is 12.9. The van der Waals surface area contributed by atoms with E-state index in [-0.39, 0.29) is 17.6 Å². The van der Waals surface area contributed by atoms with Crippen molar-refractivity contribution in [2.24, 2.45) is 5.92 Å².